The van der Waals surface area contributed by atoms with E-state index in [1.165, 1.54) is 6.33 Å². The van der Waals surface area contributed by atoms with Crippen LogP contribution in [0.25, 0.3) is 0 Å². The first-order chi connectivity index (χ1) is 16.0. The minimum atomic E-state index is -0.521. The molecule has 0 spiro atoms. The Balaban J connectivity index is 1.70. The second kappa shape index (κ2) is 9.91. The molecule has 0 saturated heterocycles. The van der Waals surface area contributed by atoms with Crippen LogP contribution in [0, 0.1) is 10.1 Å². The molecule has 1 heterocycles. The zero-order valence-corrected chi connectivity index (χ0v) is 18.4. The maximum Gasteiger partial charge on any atom is 0.373 e. The molecular weight excluding hydrogens is 416 g/mol. The van der Waals surface area contributed by atoms with Crippen LogP contribution in [0.3, 0.4) is 0 Å². The number of nitro groups is 1. The Morgan fingerprint density at radius 3 is 1.91 bits per heavy atom. The Labute approximate surface area is 192 Å². The van der Waals surface area contributed by atoms with Gasteiger partial charge in [0.05, 0.1) is 11.0 Å². The summed E-state index contributed by atoms with van der Waals surface area (Å²) in [6.45, 7) is 4.19. The first kappa shape index (κ1) is 22.0. The molecule has 0 aliphatic rings. The van der Waals surface area contributed by atoms with Crippen LogP contribution in [0.2, 0.25) is 0 Å². The summed E-state index contributed by atoms with van der Waals surface area (Å²) in [6, 6.07) is 26.5. The van der Waals surface area contributed by atoms with Crippen LogP contribution in [0.4, 0.5) is 11.5 Å². The first-order valence-corrected chi connectivity index (χ1v) is 10.7. The van der Waals surface area contributed by atoms with E-state index >= 15 is 0 Å². The summed E-state index contributed by atoms with van der Waals surface area (Å²) in [5.41, 5.74) is 2.73. The van der Waals surface area contributed by atoms with Gasteiger partial charge in [0, 0.05) is 0 Å². The number of hydrogen-bond donors (Lipinski definition) is 1. The van der Waals surface area contributed by atoms with Gasteiger partial charge in [-0.15, -0.1) is 0 Å². The average molecular weight is 441 g/mol. The molecule has 166 valence electrons. The molecule has 0 radical (unpaired) electrons. The van der Waals surface area contributed by atoms with E-state index < -0.39 is 4.92 Å². The second-order valence-electron chi connectivity index (χ2n) is 7.86. The van der Waals surface area contributed by atoms with Crippen molar-refractivity contribution in [2.45, 2.75) is 25.8 Å². The van der Waals surface area contributed by atoms with Crippen molar-refractivity contribution in [2.75, 3.05) is 5.32 Å². The minimum absolute atomic E-state index is 0.0847. The Morgan fingerprint density at radius 2 is 1.39 bits per heavy atom. The van der Waals surface area contributed by atoms with Crippen molar-refractivity contribution < 1.29 is 9.66 Å². The number of aromatic nitrogens is 2. The van der Waals surface area contributed by atoms with Gasteiger partial charge in [0.15, 0.2) is 0 Å². The molecule has 7 nitrogen and oxygen atoms in total. The molecule has 1 aromatic heterocycles. The number of nitrogens with zero attached hydrogens (tertiary/aromatic N) is 3. The molecule has 0 amide bonds. The zero-order valence-electron chi connectivity index (χ0n) is 18.4. The molecule has 7 heteroatoms. The van der Waals surface area contributed by atoms with Gasteiger partial charge in [-0.1, -0.05) is 86.6 Å². The lowest BCUT2D eigenvalue weighted by Gasteiger charge is -2.20. The van der Waals surface area contributed by atoms with Crippen molar-refractivity contribution in [3.63, 3.8) is 0 Å². The molecule has 0 bridgehead atoms. The maximum atomic E-state index is 12.0. The summed E-state index contributed by atoms with van der Waals surface area (Å²) in [6.07, 6.45) is 1.26. The normalized spacial score (nSPS) is 10.9. The van der Waals surface area contributed by atoms with E-state index in [0.717, 1.165) is 16.7 Å². The number of ether oxygens (including phenoxy) is 1. The van der Waals surface area contributed by atoms with E-state index in [4.69, 9.17) is 4.74 Å². The molecule has 4 rings (SSSR count). The maximum absolute atomic E-state index is 12.0. The molecule has 0 unspecified atom stereocenters. The molecule has 0 aliphatic heterocycles. The molecule has 3 aromatic carbocycles. The van der Waals surface area contributed by atoms with Gasteiger partial charge in [0.2, 0.25) is 5.82 Å². The third kappa shape index (κ3) is 5.15. The highest BCUT2D eigenvalue weighted by atomic mass is 16.6. The molecule has 4 aromatic rings. The van der Waals surface area contributed by atoms with Gasteiger partial charge in [-0.2, -0.15) is 4.98 Å². The lowest BCUT2D eigenvalue weighted by Crippen LogP contribution is -2.15. The van der Waals surface area contributed by atoms with Crippen molar-refractivity contribution in [3.8, 4) is 11.6 Å². The molecule has 1 N–H and O–H groups in total. The average Bonchev–Trinajstić information content (AvgIpc) is 2.84. The SMILES string of the molecule is CC(C)c1ccc(Oc2ncnc(NC(c3ccccc3)c3ccccc3)c2[N+](=O)[O-])cc1. The predicted molar refractivity (Wildman–Crippen MR) is 128 cm³/mol. The topological polar surface area (TPSA) is 90.2 Å². The van der Waals surface area contributed by atoms with E-state index in [2.05, 4.69) is 29.1 Å². The van der Waals surface area contributed by atoms with Crippen LogP contribution in [0.1, 0.15) is 42.5 Å². The lowest BCUT2D eigenvalue weighted by atomic mass is 9.99. The van der Waals surface area contributed by atoms with E-state index in [9.17, 15) is 10.1 Å². The van der Waals surface area contributed by atoms with Gasteiger partial charge in [0.25, 0.3) is 0 Å². The van der Waals surface area contributed by atoms with E-state index in [-0.39, 0.29) is 23.4 Å². The number of anilines is 1. The minimum Gasteiger partial charge on any atom is -0.434 e. The third-order valence-electron chi connectivity index (χ3n) is 5.28. The van der Waals surface area contributed by atoms with Gasteiger partial charge in [0.1, 0.15) is 12.1 Å². The van der Waals surface area contributed by atoms with Crippen LogP contribution in [0.5, 0.6) is 11.6 Å². The summed E-state index contributed by atoms with van der Waals surface area (Å²) >= 11 is 0. The Hall–Kier alpha value is -4.26. The number of benzene rings is 3. The van der Waals surface area contributed by atoms with Crippen LogP contribution in [-0.4, -0.2) is 14.9 Å². The fourth-order valence-corrected chi connectivity index (χ4v) is 3.53. The highest BCUT2D eigenvalue weighted by molar-refractivity contribution is 5.63. The van der Waals surface area contributed by atoms with Crippen molar-refractivity contribution >= 4 is 11.5 Å². The number of hydrogen-bond acceptors (Lipinski definition) is 6. The second-order valence-corrected chi connectivity index (χ2v) is 7.86. The molecule has 33 heavy (non-hydrogen) atoms. The standard InChI is InChI=1S/C26H24N4O3/c1-18(2)19-13-15-22(16-14-19)33-26-24(30(31)32)25(27-17-28-26)29-23(20-9-5-3-6-10-20)21-11-7-4-8-12-21/h3-18,23H,1-2H3,(H,27,28,29). The lowest BCUT2D eigenvalue weighted by molar-refractivity contribution is -0.385. The van der Waals surface area contributed by atoms with Crippen molar-refractivity contribution in [3.05, 3.63) is 118 Å². The van der Waals surface area contributed by atoms with Gasteiger partial charge in [-0.25, -0.2) is 4.98 Å². The fourth-order valence-electron chi connectivity index (χ4n) is 3.53. The van der Waals surface area contributed by atoms with Crippen LogP contribution in [-0.2, 0) is 0 Å². The smallest absolute Gasteiger partial charge is 0.373 e. The molecule has 0 atom stereocenters. The van der Waals surface area contributed by atoms with Crippen LogP contribution >= 0.6 is 0 Å². The zero-order chi connectivity index (χ0) is 23.2. The van der Waals surface area contributed by atoms with Crippen LogP contribution in [0.15, 0.2) is 91.3 Å². The first-order valence-electron chi connectivity index (χ1n) is 10.7. The summed E-state index contributed by atoms with van der Waals surface area (Å²) in [7, 11) is 0. The molecular formula is C26H24N4O3. The molecule has 0 aliphatic carbocycles. The Morgan fingerprint density at radius 1 is 0.818 bits per heavy atom. The predicted octanol–water partition coefficient (Wildman–Crippen LogP) is 6.50. The van der Waals surface area contributed by atoms with Crippen molar-refractivity contribution in [1.82, 2.24) is 9.97 Å². The number of rotatable bonds is 8. The monoisotopic (exact) mass is 440 g/mol. The van der Waals surface area contributed by atoms with Crippen molar-refractivity contribution in [2.24, 2.45) is 0 Å². The largest absolute Gasteiger partial charge is 0.434 e. The highest BCUT2D eigenvalue weighted by Gasteiger charge is 2.27. The fraction of sp³-hybridized carbons (Fsp3) is 0.154. The third-order valence-corrected chi connectivity index (χ3v) is 5.28. The van der Waals surface area contributed by atoms with Crippen molar-refractivity contribution in [1.29, 1.82) is 0 Å². The Kier molecular flexibility index (Phi) is 6.59. The quantitative estimate of drug-likeness (QED) is 0.248. The highest BCUT2D eigenvalue weighted by Crippen LogP contribution is 2.37. The summed E-state index contributed by atoms with van der Waals surface area (Å²) in [5.74, 6) is 0.808. The van der Waals surface area contributed by atoms with Crippen LogP contribution < -0.4 is 10.1 Å². The Bertz CT molecular complexity index is 1170. The van der Waals surface area contributed by atoms with Gasteiger partial charge in [-0.05, 0) is 34.7 Å². The molecule has 0 saturated carbocycles. The summed E-state index contributed by atoms with van der Waals surface area (Å²) in [5, 5.41) is 15.3. The van der Waals surface area contributed by atoms with E-state index in [1.54, 1.807) is 12.1 Å². The van der Waals surface area contributed by atoms with E-state index in [0.29, 0.717) is 11.7 Å². The van der Waals surface area contributed by atoms with Gasteiger partial charge < -0.3 is 10.1 Å². The summed E-state index contributed by atoms with van der Waals surface area (Å²) < 4.78 is 5.81. The molecule has 0 fully saturated rings. The number of nitrogens with one attached hydrogen (secondary N) is 1. The van der Waals surface area contributed by atoms with Gasteiger partial charge in [-0.3, -0.25) is 10.1 Å². The van der Waals surface area contributed by atoms with Gasteiger partial charge >= 0.3 is 11.6 Å². The summed E-state index contributed by atoms with van der Waals surface area (Å²) in [4.78, 5) is 19.8. The van der Waals surface area contributed by atoms with E-state index in [1.807, 2.05) is 72.8 Å².